The summed E-state index contributed by atoms with van der Waals surface area (Å²) in [7, 11) is 0. The number of β-lactam (4-membered cyclic amide) rings is 1. The molecule has 1 N–H and O–H groups in total. The van der Waals surface area contributed by atoms with E-state index in [1.807, 2.05) is 6.07 Å². The van der Waals surface area contributed by atoms with E-state index in [1.54, 1.807) is 67.8 Å². The molecule has 1 aliphatic rings. The number of carbonyl (C=O) groups is 5. The van der Waals surface area contributed by atoms with Gasteiger partial charge in [0.2, 0.25) is 5.91 Å². The first kappa shape index (κ1) is 33.4. The van der Waals surface area contributed by atoms with E-state index < -0.39 is 55.4 Å². The third-order valence-electron chi connectivity index (χ3n) is 6.18. The zero-order chi connectivity index (χ0) is 31.4. The number of nitrogens with one attached hydrogen (secondary N) is 1. The van der Waals surface area contributed by atoms with Crippen LogP contribution in [0.1, 0.15) is 36.2 Å². The summed E-state index contributed by atoms with van der Waals surface area (Å²) in [5.74, 6) is -1.97. The summed E-state index contributed by atoms with van der Waals surface area (Å²) in [5.41, 5.74) is 1.29. The zero-order valence-corrected chi connectivity index (χ0v) is 25.9. The van der Waals surface area contributed by atoms with E-state index >= 15 is 0 Å². The van der Waals surface area contributed by atoms with Gasteiger partial charge in [-0.1, -0.05) is 40.2 Å². The number of ketones is 1. The molecule has 0 saturated carbocycles. The number of likely N-dealkylation sites (tertiary alicyclic amines) is 1. The van der Waals surface area contributed by atoms with Crippen molar-refractivity contribution in [2.24, 2.45) is 0 Å². The molecule has 2 atom stereocenters. The number of hydrogen-bond acceptors (Lipinski definition) is 10. The quantitative estimate of drug-likeness (QED) is 0.129. The molecular weight excluding hydrogens is 642 g/mol. The van der Waals surface area contributed by atoms with Crippen molar-refractivity contribution in [3.8, 4) is 11.8 Å². The normalized spacial score (nSPS) is 16.0. The Balaban J connectivity index is 1.63. The molecule has 2 unspecified atom stereocenters. The van der Waals surface area contributed by atoms with Gasteiger partial charge in [-0.25, -0.2) is 0 Å². The first-order valence-electron chi connectivity index (χ1n) is 13.2. The summed E-state index contributed by atoms with van der Waals surface area (Å²) in [6.07, 6.45) is 0.190. The molecular formula is C30H30BrN3O8S. The number of nitriles is 1. The molecule has 1 saturated heterocycles. The summed E-state index contributed by atoms with van der Waals surface area (Å²) < 4.78 is 16.3. The Labute approximate surface area is 261 Å². The Hall–Kier alpha value is -4.15. The number of halogens is 1. The predicted molar refractivity (Wildman–Crippen MR) is 161 cm³/mol. The minimum Gasteiger partial charge on any atom is -0.482 e. The van der Waals surface area contributed by atoms with Crippen molar-refractivity contribution >= 4 is 57.2 Å². The van der Waals surface area contributed by atoms with Gasteiger partial charge >= 0.3 is 11.9 Å². The largest absolute Gasteiger partial charge is 0.482 e. The monoisotopic (exact) mass is 671 g/mol. The van der Waals surface area contributed by atoms with E-state index in [0.29, 0.717) is 16.9 Å². The maximum absolute atomic E-state index is 13.1. The fourth-order valence-corrected chi connectivity index (χ4v) is 5.17. The summed E-state index contributed by atoms with van der Waals surface area (Å²) in [4.78, 5) is 63.6. The molecule has 1 aliphatic heterocycles. The van der Waals surface area contributed by atoms with Gasteiger partial charge in [0.1, 0.15) is 24.4 Å². The number of amides is 2. The molecule has 11 nitrogen and oxygen atoms in total. The van der Waals surface area contributed by atoms with Gasteiger partial charge in [0.25, 0.3) is 5.91 Å². The summed E-state index contributed by atoms with van der Waals surface area (Å²) >= 11 is 4.62. The van der Waals surface area contributed by atoms with Crippen LogP contribution in [-0.2, 0) is 28.7 Å². The van der Waals surface area contributed by atoms with Crippen LogP contribution in [0.15, 0.2) is 64.0 Å². The maximum Gasteiger partial charge on any atom is 0.326 e. The van der Waals surface area contributed by atoms with Gasteiger partial charge in [-0.05, 0) is 49.1 Å². The van der Waals surface area contributed by atoms with E-state index in [-0.39, 0.29) is 30.3 Å². The molecule has 2 amide bonds. The van der Waals surface area contributed by atoms with Gasteiger partial charge in [-0.15, -0.1) is 11.8 Å². The lowest BCUT2D eigenvalue weighted by Crippen LogP contribution is -2.72. The molecule has 0 bridgehead atoms. The minimum atomic E-state index is -0.985. The first-order valence-corrected chi connectivity index (χ1v) is 15.1. The van der Waals surface area contributed by atoms with E-state index in [2.05, 4.69) is 21.2 Å². The molecule has 0 radical (unpaired) electrons. The average Bonchev–Trinajstić information content (AvgIpc) is 3.00. The Morgan fingerprint density at radius 2 is 1.79 bits per heavy atom. The number of nitrogens with zero attached hydrogens (tertiary/aromatic N) is 2. The van der Waals surface area contributed by atoms with Crippen LogP contribution in [0.2, 0.25) is 0 Å². The van der Waals surface area contributed by atoms with Crippen LogP contribution in [0, 0.1) is 11.3 Å². The van der Waals surface area contributed by atoms with Gasteiger partial charge in [0, 0.05) is 15.8 Å². The number of hydrogen-bond donors (Lipinski definition) is 1. The SMILES string of the molecule is CCOC(=O)CCSC=C(C)C1C(NC(=O)COc2ccccc2C#N)C(=O)N1CC(=O)OCC(=O)c1ccc(Br)cc1. The lowest BCUT2D eigenvalue weighted by molar-refractivity contribution is -0.160. The lowest BCUT2D eigenvalue weighted by atomic mass is 9.89. The Kier molecular flexibility index (Phi) is 12.8. The molecule has 0 aromatic heterocycles. The summed E-state index contributed by atoms with van der Waals surface area (Å²) in [6.45, 7) is 2.38. The summed E-state index contributed by atoms with van der Waals surface area (Å²) in [5, 5.41) is 13.6. The van der Waals surface area contributed by atoms with Crippen molar-refractivity contribution in [1.82, 2.24) is 10.2 Å². The van der Waals surface area contributed by atoms with Crippen molar-refractivity contribution in [2.45, 2.75) is 32.4 Å². The van der Waals surface area contributed by atoms with E-state index in [1.165, 1.54) is 16.7 Å². The topological polar surface area (TPSA) is 152 Å². The molecule has 0 spiro atoms. The zero-order valence-electron chi connectivity index (χ0n) is 23.5. The van der Waals surface area contributed by atoms with Crippen LogP contribution in [0.25, 0.3) is 0 Å². The number of benzene rings is 2. The highest BCUT2D eigenvalue weighted by Crippen LogP contribution is 2.28. The van der Waals surface area contributed by atoms with Crippen molar-refractivity contribution in [2.75, 3.05) is 32.1 Å². The smallest absolute Gasteiger partial charge is 0.326 e. The number of para-hydroxylation sites is 1. The molecule has 1 heterocycles. The van der Waals surface area contributed by atoms with Crippen LogP contribution in [0.4, 0.5) is 0 Å². The number of ether oxygens (including phenoxy) is 3. The Morgan fingerprint density at radius 1 is 1.07 bits per heavy atom. The fraction of sp³-hybridized carbons (Fsp3) is 0.333. The second-order valence-electron chi connectivity index (χ2n) is 9.23. The standard InChI is InChI=1S/C30H30BrN3O8S/c1-3-40-26(37)12-13-43-18-19(2)29-28(33-25(36)17-41-24-7-5-4-6-21(24)14-32)30(39)34(29)15-27(38)42-16-23(35)20-8-10-22(31)11-9-20/h4-11,18,28-29H,3,12-13,15-17H2,1-2H3,(H,33,36). The van der Waals surface area contributed by atoms with Gasteiger partial charge in [0.05, 0.1) is 24.6 Å². The molecule has 1 fully saturated rings. The molecule has 2 aromatic rings. The van der Waals surface area contributed by atoms with Crippen molar-refractivity contribution in [3.63, 3.8) is 0 Å². The summed E-state index contributed by atoms with van der Waals surface area (Å²) in [6, 6.07) is 13.3. The molecule has 3 rings (SSSR count). The van der Waals surface area contributed by atoms with Gasteiger partial charge < -0.3 is 24.4 Å². The number of thioether (sulfide) groups is 1. The lowest BCUT2D eigenvalue weighted by Gasteiger charge is -2.47. The number of Topliss-reactive ketones (excluding diaryl/α,β-unsaturated/α-hetero) is 1. The highest BCUT2D eigenvalue weighted by atomic mass is 79.9. The molecule has 13 heteroatoms. The number of esters is 2. The molecule has 2 aromatic carbocycles. The maximum atomic E-state index is 13.1. The first-order chi connectivity index (χ1) is 20.6. The van der Waals surface area contributed by atoms with Gasteiger partial charge in [-0.3, -0.25) is 24.0 Å². The Morgan fingerprint density at radius 3 is 2.49 bits per heavy atom. The number of rotatable bonds is 15. The van der Waals surface area contributed by atoms with E-state index in [9.17, 15) is 29.2 Å². The second kappa shape index (κ2) is 16.5. The van der Waals surface area contributed by atoms with Crippen molar-refractivity contribution in [1.29, 1.82) is 5.26 Å². The van der Waals surface area contributed by atoms with Crippen molar-refractivity contribution < 1.29 is 38.2 Å². The van der Waals surface area contributed by atoms with Crippen molar-refractivity contribution in [3.05, 3.63) is 75.1 Å². The third kappa shape index (κ3) is 9.69. The van der Waals surface area contributed by atoms with Crippen LogP contribution < -0.4 is 10.1 Å². The minimum absolute atomic E-state index is 0.190. The van der Waals surface area contributed by atoms with Crippen LogP contribution >= 0.6 is 27.7 Å². The molecule has 226 valence electrons. The van der Waals surface area contributed by atoms with E-state index in [0.717, 1.165) is 4.47 Å². The van der Waals surface area contributed by atoms with Crippen LogP contribution in [-0.4, -0.2) is 78.6 Å². The highest BCUT2D eigenvalue weighted by molar-refractivity contribution is 9.10. The fourth-order valence-electron chi connectivity index (χ4n) is 4.10. The van der Waals surface area contributed by atoms with Gasteiger partial charge in [-0.2, -0.15) is 5.26 Å². The van der Waals surface area contributed by atoms with Crippen LogP contribution in [0.3, 0.4) is 0 Å². The number of carbonyl (C=O) groups excluding carboxylic acids is 5. The highest BCUT2D eigenvalue weighted by Gasteiger charge is 2.49. The van der Waals surface area contributed by atoms with Gasteiger partial charge in [0.15, 0.2) is 19.0 Å². The molecule has 0 aliphatic carbocycles. The molecule has 43 heavy (non-hydrogen) atoms. The average molecular weight is 673 g/mol. The predicted octanol–water partition coefficient (Wildman–Crippen LogP) is 3.41. The Bertz CT molecular complexity index is 1420. The van der Waals surface area contributed by atoms with E-state index in [4.69, 9.17) is 14.2 Å². The third-order valence-corrected chi connectivity index (χ3v) is 7.69. The van der Waals surface area contributed by atoms with Crippen LogP contribution in [0.5, 0.6) is 5.75 Å². The second-order valence-corrected chi connectivity index (χ2v) is 11.1.